The van der Waals surface area contributed by atoms with Crippen molar-refractivity contribution in [2.75, 3.05) is 7.11 Å². The molecule has 0 bridgehead atoms. The van der Waals surface area contributed by atoms with Gasteiger partial charge in [0, 0.05) is 6.42 Å². The molecule has 0 aromatic heterocycles. The molecule has 0 amide bonds. The van der Waals surface area contributed by atoms with Crippen molar-refractivity contribution in [1.82, 2.24) is 0 Å². The summed E-state index contributed by atoms with van der Waals surface area (Å²) in [6.45, 7) is 0. The van der Waals surface area contributed by atoms with Crippen LogP contribution in [0.25, 0.3) is 0 Å². The Hall–Kier alpha value is -2.24. The maximum Gasteiger partial charge on any atom is 0.335 e. The van der Waals surface area contributed by atoms with E-state index in [9.17, 15) is 14.7 Å². The van der Waals surface area contributed by atoms with Crippen molar-refractivity contribution in [3.05, 3.63) is 23.3 Å². The van der Waals surface area contributed by atoms with Gasteiger partial charge in [-0.15, -0.1) is 0 Å². The number of aromatic hydroxyl groups is 1. The minimum atomic E-state index is -1.17. The van der Waals surface area contributed by atoms with Crippen molar-refractivity contribution >= 4 is 11.9 Å². The maximum absolute atomic E-state index is 10.8. The number of aromatic carboxylic acids is 1. The molecule has 0 fully saturated rings. The third kappa shape index (κ3) is 3.10. The molecule has 0 atom stereocenters. The lowest BCUT2D eigenvalue weighted by atomic mass is 10.0. The Balaban J connectivity index is 3.13. The highest BCUT2D eigenvalue weighted by Gasteiger charge is 2.14. The molecule has 0 heterocycles. The first-order valence-corrected chi connectivity index (χ1v) is 4.80. The number of carbonyl (C=O) groups is 2. The van der Waals surface area contributed by atoms with Crippen molar-refractivity contribution in [2.24, 2.45) is 0 Å². The monoisotopic (exact) mass is 240 g/mol. The van der Waals surface area contributed by atoms with Gasteiger partial charge in [0.1, 0.15) is 0 Å². The third-order valence-corrected chi connectivity index (χ3v) is 2.23. The van der Waals surface area contributed by atoms with E-state index < -0.39 is 11.9 Å². The summed E-state index contributed by atoms with van der Waals surface area (Å²) in [5.74, 6) is -2.40. The second-order valence-electron chi connectivity index (χ2n) is 3.39. The molecule has 0 aliphatic heterocycles. The normalized spacial score (nSPS) is 9.94. The number of phenols is 1. The standard InChI is InChI=1S/C11H12O6/c1-17-8-5-7(11(15)16)4-6(10(8)14)2-3-9(12)13/h4-5,14H,2-3H2,1H3,(H,12,13)(H,15,16). The molecule has 0 aliphatic carbocycles. The van der Waals surface area contributed by atoms with Crippen LogP contribution in [0.15, 0.2) is 12.1 Å². The number of hydrogen-bond donors (Lipinski definition) is 3. The highest BCUT2D eigenvalue weighted by Crippen LogP contribution is 2.32. The van der Waals surface area contributed by atoms with Crippen LogP contribution in [0, 0.1) is 0 Å². The highest BCUT2D eigenvalue weighted by molar-refractivity contribution is 5.89. The van der Waals surface area contributed by atoms with E-state index in [0.29, 0.717) is 0 Å². The zero-order valence-electron chi connectivity index (χ0n) is 9.14. The molecule has 0 saturated heterocycles. The number of hydrogen-bond acceptors (Lipinski definition) is 4. The maximum atomic E-state index is 10.8. The van der Waals surface area contributed by atoms with Gasteiger partial charge in [-0.1, -0.05) is 0 Å². The fraction of sp³-hybridized carbons (Fsp3) is 0.273. The van der Waals surface area contributed by atoms with E-state index in [-0.39, 0.29) is 35.5 Å². The van der Waals surface area contributed by atoms with Gasteiger partial charge in [-0.2, -0.15) is 0 Å². The Bertz CT molecular complexity index is 452. The average molecular weight is 240 g/mol. The van der Waals surface area contributed by atoms with E-state index >= 15 is 0 Å². The lowest BCUT2D eigenvalue weighted by molar-refractivity contribution is -0.136. The Labute approximate surface area is 97.1 Å². The van der Waals surface area contributed by atoms with E-state index in [2.05, 4.69) is 0 Å². The number of carboxylic acids is 2. The first kappa shape index (κ1) is 12.8. The lowest BCUT2D eigenvalue weighted by Crippen LogP contribution is -2.02. The van der Waals surface area contributed by atoms with Crippen LogP contribution in [0.3, 0.4) is 0 Å². The summed E-state index contributed by atoms with van der Waals surface area (Å²) in [5.41, 5.74) is 0.184. The van der Waals surface area contributed by atoms with Crippen LogP contribution in [0.5, 0.6) is 11.5 Å². The molecule has 1 rings (SSSR count). The van der Waals surface area contributed by atoms with Gasteiger partial charge in [0.15, 0.2) is 11.5 Å². The molecular formula is C11H12O6. The second-order valence-corrected chi connectivity index (χ2v) is 3.39. The molecule has 0 spiro atoms. The lowest BCUT2D eigenvalue weighted by Gasteiger charge is -2.09. The fourth-order valence-electron chi connectivity index (χ4n) is 1.38. The van der Waals surface area contributed by atoms with Crippen LogP contribution in [-0.2, 0) is 11.2 Å². The summed E-state index contributed by atoms with van der Waals surface area (Å²) in [6.07, 6.45) is -0.154. The van der Waals surface area contributed by atoms with Gasteiger partial charge in [-0.05, 0) is 24.1 Å². The molecule has 0 saturated carbocycles. The number of phenolic OH excluding ortho intramolecular Hbond substituents is 1. The summed E-state index contributed by atoms with van der Waals surface area (Å²) in [5, 5.41) is 27.1. The molecule has 3 N–H and O–H groups in total. The molecular weight excluding hydrogens is 228 g/mol. The van der Waals surface area contributed by atoms with Gasteiger partial charge in [0.2, 0.25) is 0 Å². The molecule has 1 aromatic rings. The quantitative estimate of drug-likeness (QED) is 0.712. The van der Waals surface area contributed by atoms with E-state index in [4.69, 9.17) is 14.9 Å². The molecule has 0 unspecified atom stereocenters. The Morgan fingerprint density at radius 2 is 1.94 bits per heavy atom. The van der Waals surface area contributed by atoms with Gasteiger partial charge in [-0.25, -0.2) is 4.79 Å². The van der Waals surface area contributed by atoms with Crippen LogP contribution < -0.4 is 4.74 Å². The molecule has 0 aliphatic rings. The summed E-state index contributed by atoms with van der Waals surface area (Å²) in [7, 11) is 1.29. The number of carboxylic acid groups (broad SMARTS) is 2. The van der Waals surface area contributed by atoms with Gasteiger partial charge in [-0.3, -0.25) is 4.79 Å². The van der Waals surface area contributed by atoms with Crippen LogP contribution in [-0.4, -0.2) is 34.4 Å². The topological polar surface area (TPSA) is 104 Å². The van der Waals surface area contributed by atoms with Crippen LogP contribution in [0.2, 0.25) is 0 Å². The van der Waals surface area contributed by atoms with Crippen molar-refractivity contribution < 1.29 is 29.6 Å². The zero-order valence-corrected chi connectivity index (χ0v) is 9.14. The zero-order chi connectivity index (χ0) is 13.0. The SMILES string of the molecule is COc1cc(C(=O)O)cc(CCC(=O)O)c1O. The number of rotatable bonds is 5. The molecule has 6 heteroatoms. The average Bonchev–Trinajstić information content (AvgIpc) is 2.27. The molecule has 92 valence electrons. The largest absolute Gasteiger partial charge is 0.504 e. The van der Waals surface area contributed by atoms with Gasteiger partial charge < -0.3 is 20.1 Å². The molecule has 1 aromatic carbocycles. The minimum absolute atomic E-state index is 0.0188. The van der Waals surface area contributed by atoms with Crippen molar-refractivity contribution in [2.45, 2.75) is 12.8 Å². The fourth-order valence-corrected chi connectivity index (χ4v) is 1.38. The number of ether oxygens (including phenoxy) is 1. The predicted molar refractivity (Wildman–Crippen MR) is 57.6 cm³/mol. The molecule has 6 nitrogen and oxygen atoms in total. The minimum Gasteiger partial charge on any atom is -0.504 e. The van der Waals surface area contributed by atoms with E-state index in [1.807, 2.05) is 0 Å². The van der Waals surface area contributed by atoms with E-state index in [1.165, 1.54) is 19.2 Å². The Morgan fingerprint density at radius 3 is 2.41 bits per heavy atom. The van der Waals surface area contributed by atoms with Crippen molar-refractivity contribution in [3.63, 3.8) is 0 Å². The highest BCUT2D eigenvalue weighted by atomic mass is 16.5. The molecule has 0 radical (unpaired) electrons. The van der Waals surface area contributed by atoms with Crippen molar-refractivity contribution in [3.8, 4) is 11.5 Å². The van der Waals surface area contributed by atoms with Gasteiger partial charge >= 0.3 is 11.9 Å². The van der Waals surface area contributed by atoms with Crippen molar-refractivity contribution in [1.29, 1.82) is 0 Å². The van der Waals surface area contributed by atoms with E-state index in [0.717, 1.165) is 0 Å². The Kier molecular flexibility index (Phi) is 3.92. The summed E-state index contributed by atoms with van der Waals surface area (Å²) >= 11 is 0. The number of aryl methyl sites for hydroxylation is 1. The van der Waals surface area contributed by atoms with Gasteiger partial charge in [0.05, 0.1) is 12.7 Å². The van der Waals surface area contributed by atoms with Crippen LogP contribution >= 0.6 is 0 Å². The first-order valence-electron chi connectivity index (χ1n) is 4.80. The molecule has 17 heavy (non-hydrogen) atoms. The van der Waals surface area contributed by atoms with Crippen LogP contribution in [0.4, 0.5) is 0 Å². The number of aliphatic carboxylic acids is 1. The van der Waals surface area contributed by atoms with Gasteiger partial charge in [0.25, 0.3) is 0 Å². The number of benzene rings is 1. The van der Waals surface area contributed by atoms with E-state index in [1.54, 1.807) is 0 Å². The Morgan fingerprint density at radius 1 is 1.29 bits per heavy atom. The third-order valence-electron chi connectivity index (χ3n) is 2.23. The summed E-state index contributed by atoms with van der Waals surface area (Å²) in [6, 6.07) is 2.42. The first-order chi connectivity index (χ1) is 7.95. The van der Waals surface area contributed by atoms with Crippen LogP contribution in [0.1, 0.15) is 22.3 Å². The summed E-state index contributed by atoms with van der Waals surface area (Å²) in [4.78, 5) is 21.2. The number of methoxy groups -OCH3 is 1. The summed E-state index contributed by atoms with van der Waals surface area (Å²) < 4.78 is 4.82. The predicted octanol–water partition coefficient (Wildman–Crippen LogP) is 1.12. The second kappa shape index (κ2) is 5.20. The smallest absolute Gasteiger partial charge is 0.335 e.